The molecule has 23 heavy (non-hydrogen) atoms. The van der Waals surface area contributed by atoms with Gasteiger partial charge in [-0.15, -0.1) is 0 Å². The number of hydrogen-bond donors (Lipinski definition) is 1. The number of likely N-dealkylation sites (tertiary alicyclic amines) is 1. The van der Waals surface area contributed by atoms with E-state index in [1.165, 1.54) is 0 Å². The monoisotopic (exact) mass is 319 g/mol. The molecule has 0 saturated carbocycles. The zero-order chi connectivity index (χ0) is 16.7. The van der Waals surface area contributed by atoms with Gasteiger partial charge in [0.2, 0.25) is 11.8 Å². The molecule has 0 bridgehead atoms. The van der Waals surface area contributed by atoms with Gasteiger partial charge in [0.05, 0.1) is 12.5 Å². The maximum absolute atomic E-state index is 12.3. The Morgan fingerprint density at radius 3 is 2.78 bits per heavy atom. The lowest BCUT2D eigenvalue weighted by molar-refractivity contribution is -0.135. The smallest absolute Gasteiger partial charge is 0.236 e. The first-order valence-corrected chi connectivity index (χ1v) is 7.99. The van der Waals surface area contributed by atoms with Gasteiger partial charge in [-0.2, -0.15) is 0 Å². The van der Waals surface area contributed by atoms with Crippen molar-refractivity contribution in [1.82, 2.24) is 9.80 Å². The van der Waals surface area contributed by atoms with E-state index in [0.29, 0.717) is 32.8 Å². The quantitative estimate of drug-likeness (QED) is 0.803. The van der Waals surface area contributed by atoms with Crippen molar-refractivity contribution in [2.45, 2.75) is 12.8 Å². The van der Waals surface area contributed by atoms with Gasteiger partial charge in [-0.3, -0.25) is 14.5 Å². The molecule has 0 spiro atoms. The Kier molecular flexibility index (Phi) is 6.40. The van der Waals surface area contributed by atoms with Gasteiger partial charge in [0.15, 0.2) is 0 Å². The number of benzene rings is 1. The maximum Gasteiger partial charge on any atom is 0.236 e. The Bertz CT molecular complexity index is 521. The fourth-order valence-electron chi connectivity index (χ4n) is 2.68. The summed E-state index contributed by atoms with van der Waals surface area (Å²) in [5.74, 6) is 0.345. The molecule has 1 aliphatic rings. The van der Waals surface area contributed by atoms with Crippen molar-refractivity contribution in [3.63, 3.8) is 0 Å². The molecule has 2 amide bonds. The number of carbonyl (C=O) groups excluding carboxylic acids is 2. The van der Waals surface area contributed by atoms with Crippen molar-refractivity contribution < 1.29 is 14.3 Å². The van der Waals surface area contributed by atoms with Crippen LogP contribution < -0.4 is 10.5 Å². The van der Waals surface area contributed by atoms with Crippen LogP contribution in [0.5, 0.6) is 5.75 Å². The summed E-state index contributed by atoms with van der Waals surface area (Å²) in [7, 11) is 1.89. The summed E-state index contributed by atoms with van der Waals surface area (Å²) < 4.78 is 5.62. The number of carbonyl (C=O) groups is 2. The summed E-state index contributed by atoms with van der Waals surface area (Å²) in [6.45, 7) is 2.66. The number of primary amides is 1. The fourth-order valence-corrected chi connectivity index (χ4v) is 2.68. The minimum Gasteiger partial charge on any atom is -0.492 e. The van der Waals surface area contributed by atoms with E-state index < -0.39 is 0 Å². The van der Waals surface area contributed by atoms with Crippen LogP contribution in [0.4, 0.5) is 0 Å². The highest BCUT2D eigenvalue weighted by Crippen LogP contribution is 2.16. The highest BCUT2D eigenvalue weighted by molar-refractivity contribution is 5.81. The third kappa shape index (κ3) is 5.56. The molecule has 1 fully saturated rings. The van der Waals surface area contributed by atoms with Crippen molar-refractivity contribution in [2.24, 2.45) is 11.7 Å². The van der Waals surface area contributed by atoms with E-state index in [4.69, 9.17) is 10.5 Å². The average molecular weight is 319 g/mol. The number of nitrogens with two attached hydrogens (primary N) is 1. The lowest BCUT2D eigenvalue weighted by Crippen LogP contribution is -2.47. The van der Waals surface area contributed by atoms with E-state index in [1.54, 1.807) is 4.90 Å². The summed E-state index contributed by atoms with van der Waals surface area (Å²) in [6.07, 6.45) is 1.61. The number of likely N-dealkylation sites (N-methyl/N-ethyl adjacent to an activating group) is 1. The summed E-state index contributed by atoms with van der Waals surface area (Å²) in [5.41, 5.74) is 5.35. The van der Waals surface area contributed by atoms with Crippen LogP contribution in [-0.2, 0) is 9.59 Å². The third-order valence-electron chi connectivity index (χ3n) is 4.07. The molecule has 0 aliphatic carbocycles. The van der Waals surface area contributed by atoms with Gasteiger partial charge >= 0.3 is 0 Å². The second-order valence-electron chi connectivity index (χ2n) is 5.98. The van der Waals surface area contributed by atoms with Crippen molar-refractivity contribution in [3.8, 4) is 5.75 Å². The molecule has 6 nitrogen and oxygen atoms in total. The summed E-state index contributed by atoms with van der Waals surface area (Å²) in [4.78, 5) is 27.3. The normalized spacial score (nSPS) is 18.0. The minimum atomic E-state index is -0.313. The van der Waals surface area contributed by atoms with Gasteiger partial charge < -0.3 is 15.4 Å². The molecule has 1 aromatic rings. The number of para-hydroxylation sites is 1. The molecule has 2 rings (SSSR count). The SMILES string of the molecule is CN(CCOc1ccccc1)CC(=O)N1CCCC(C(N)=O)C1. The summed E-state index contributed by atoms with van der Waals surface area (Å²) >= 11 is 0. The van der Waals surface area contributed by atoms with Gasteiger partial charge in [-0.05, 0) is 32.0 Å². The Morgan fingerprint density at radius 2 is 2.09 bits per heavy atom. The van der Waals surface area contributed by atoms with Crippen LogP contribution in [0.1, 0.15) is 12.8 Å². The number of rotatable bonds is 7. The number of ether oxygens (including phenoxy) is 1. The van der Waals surface area contributed by atoms with E-state index in [1.807, 2.05) is 42.3 Å². The predicted molar refractivity (Wildman–Crippen MR) is 87.9 cm³/mol. The molecule has 1 heterocycles. The van der Waals surface area contributed by atoms with Gasteiger partial charge in [-0.25, -0.2) is 0 Å². The molecule has 1 aliphatic heterocycles. The van der Waals surface area contributed by atoms with Crippen LogP contribution in [0.2, 0.25) is 0 Å². The first-order chi connectivity index (χ1) is 11.1. The predicted octanol–water partition coefficient (Wildman–Crippen LogP) is 0.721. The van der Waals surface area contributed by atoms with Crippen molar-refractivity contribution in [1.29, 1.82) is 0 Å². The van der Waals surface area contributed by atoms with E-state index in [2.05, 4.69) is 0 Å². The third-order valence-corrected chi connectivity index (χ3v) is 4.07. The molecule has 6 heteroatoms. The number of piperidine rings is 1. The number of nitrogens with zero attached hydrogens (tertiary/aromatic N) is 2. The van der Waals surface area contributed by atoms with E-state index in [9.17, 15) is 9.59 Å². The number of amides is 2. The largest absolute Gasteiger partial charge is 0.492 e. The van der Waals surface area contributed by atoms with Crippen LogP contribution in [0.15, 0.2) is 30.3 Å². The second kappa shape index (κ2) is 8.53. The van der Waals surface area contributed by atoms with Crippen molar-refractivity contribution in [3.05, 3.63) is 30.3 Å². The molecule has 1 aromatic carbocycles. The van der Waals surface area contributed by atoms with Crippen LogP contribution in [0.3, 0.4) is 0 Å². The Morgan fingerprint density at radius 1 is 1.35 bits per heavy atom. The van der Waals surface area contributed by atoms with Crippen LogP contribution in [0.25, 0.3) is 0 Å². The molecule has 0 radical (unpaired) electrons. The molecule has 1 atom stereocenters. The molecule has 1 saturated heterocycles. The van der Waals surface area contributed by atoms with E-state index in [0.717, 1.165) is 18.6 Å². The maximum atomic E-state index is 12.3. The standard InChI is InChI=1S/C17H25N3O3/c1-19(10-11-23-15-7-3-2-4-8-15)13-16(21)20-9-5-6-14(12-20)17(18)22/h2-4,7-8,14H,5-6,9-13H2,1H3,(H2,18,22). The van der Waals surface area contributed by atoms with Gasteiger partial charge in [0.1, 0.15) is 12.4 Å². The molecular weight excluding hydrogens is 294 g/mol. The van der Waals surface area contributed by atoms with Crippen molar-refractivity contribution >= 4 is 11.8 Å². The Balaban J connectivity index is 1.70. The fraction of sp³-hybridized carbons (Fsp3) is 0.529. The Hall–Kier alpha value is -2.08. The van der Waals surface area contributed by atoms with E-state index >= 15 is 0 Å². The Labute approximate surface area is 137 Å². The first kappa shape index (κ1) is 17.3. The number of hydrogen-bond acceptors (Lipinski definition) is 4. The molecule has 0 aromatic heterocycles. The van der Waals surface area contributed by atoms with E-state index in [-0.39, 0.29) is 17.7 Å². The lowest BCUT2D eigenvalue weighted by Gasteiger charge is -2.32. The van der Waals surface area contributed by atoms with Gasteiger partial charge in [-0.1, -0.05) is 18.2 Å². The zero-order valence-electron chi connectivity index (χ0n) is 13.6. The minimum absolute atomic E-state index is 0.0400. The second-order valence-corrected chi connectivity index (χ2v) is 5.98. The highest BCUT2D eigenvalue weighted by Gasteiger charge is 2.27. The average Bonchev–Trinajstić information content (AvgIpc) is 2.56. The van der Waals surface area contributed by atoms with Gasteiger partial charge in [0, 0.05) is 19.6 Å². The molecule has 2 N–H and O–H groups in total. The zero-order valence-corrected chi connectivity index (χ0v) is 13.6. The van der Waals surface area contributed by atoms with Crippen LogP contribution >= 0.6 is 0 Å². The first-order valence-electron chi connectivity index (χ1n) is 7.99. The lowest BCUT2D eigenvalue weighted by atomic mass is 9.97. The molecular formula is C17H25N3O3. The summed E-state index contributed by atoms with van der Waals surface area (Å²) in [5, 5.41) is 0. The molecule has 1 unspecified atom stereocenters. The van der Waals surface area contributed by atoms with Crippen molar-refractivity contribution in [2.75, 3.05) is 39.8 Å². The van der Waals surface area contributed by atoms with Crippen LogP contribution in [-0.4, -0.2) is 61.4 Å². The van der Waals surface area contributed by atoms with Crippen LogP contribution in [0, 0.1) is 5.92 Å². The summed E-state index contributed by atoms with van der Waals surface area (Å²) in [6, 6.07) is 9.60. The molecule has 126 valence electrons. The highest BCUT2D eigenvalue weighted by atomic mass is 16.5. The topological polar surface area (TPSA) is 75.9 Å². The van der Waals surface area contributed by atoms with Gasteiger partial charge in [0.25, 0.3) is 0 Å².